The third kappa shape index (κ3) is 6.37. The van der Waals surface area contributed by atoms with E-state index in [1.807, 2.05) is 0 Å². The molecule has 2 unspecified atom stereocenters. The van der Waals surface area contributed by atoms with Gasteiger partial charge in [-0.05, 0) is 60.4 Å². The van der Waals surface area contributed by atoms with E-state index in [0.29, 0.717) is 6.61 Å². The number of hydrogen-bond donors (Lipinski definition) is 1. The lowest BCUT2D eigenvalue weighted by atomic mass is 10.0. The van der Waals surface area contributed by atoms with Crippen LogP contribution >= 0.6 is 11.8 Å². The number of carbonyl (C=O) groups is 1. The van der Waals surface area contributed by atoms with Gasteiger partial charge >= 0.3 is 5.97 Å². The molecule has 3 aliphatic heterocycles. The van der Waals surface area contributed by atoms with E-state index in [0.717, 1.165) is 69.4 Å². The zero-order valence-corrected chi connectivity index (χ0v) is 23.5. The van der Waals surface area contributed by atoms with E-state index in [4.69, 9.17) is 9.47 Å². The number of hydrogen-bond acceptors (Lipinski definition) is 7. The number of morpholine rings is 1. The number of thioether (sulfide) groups is 1. The molecule has 7 nitrogen and oxygen atoms in total. The first kappa shape index (κ1) is 27.1. The van der Waals surface area contributed by atoms with Gasteiger partial charge in [-0.3, -0.25) is 14.6 Å². The predicted molar refractivity (Wildman–Crippen MR) is 152 cm³/mol. The highest BCUT2D eigenvalue weighted by Crippen LogP contribution is 2.42. The van der Waals surface area contributed by atoms with Gasteiger partial charge in [0.2, 0.25) is 0 Å². The van der Waals surface area contributed by atoms with E-state index in [1.54, 1.807) is 11.8 Å². The minimum Gasteiger partial charge on any atom is -0.488 e. The summed E-state index contributed by atoms with van der Waals surface area (Å²) < 4.78 is 11.9. The molecule has 0 saturated carbocycles. The average molecular weight is 538 g/mol. The van der Waals surface area contributed by atoms with Crippen molar-refractivity contribution in [2.75, 3.05) is 46.4 Å². The Morgan fingerprint density at radius 2 is 1.95 bits per heavy atom. The Hall–Kier alpha value is -2.52. The van der Waals surface area contributed by atoms with Gasteiger partial charge in [0, 0.05) is 51.8 Å². The molecular weight excluding hydrogens is 498 g/mol. The molecule has 0 radical (unpaired) electrons. The van der Waals surface area contributed by atoms with E-state index in [2.05, 4.69) is 77.4 Å². The second kappa shape index (κ2) is 12.1. The van der Waals surface area contributed by atoms with Crippen LogP contribution in [0.2, 0.25) is 0 Å². The molecule has 3 aliphatic rings. The molecular formula is C30H39N3O4S. The van der Waals surface area contributed by atoms with Crippen molar-refractivity contribution in [2.24, 2.45) is 5.92 Å². The standard InChI is InChI=1S/C30H39N3O4S/c1-21-4-7-28(37-19-25-6-5-23(15-22(25)2)17-32-10-12-36-13-11-32)26(14-21)27-20-38-30(31(27)3)33-9-8-24(18-33)16-29(34)35/h4-7,14-15,20,24,30H,8-13,16-19H2,1-3H3,(H,34,35). The molecule has 204 valence electrons. The van der Waals surface area contributed by atoms with Crippen LogP contribution in [-0.2, 0) is 22.7 Å². The Kier molecular flexibility index (Phi) is 8.63. The third-order valence-electron chi connectivity index (χ3n) is 7.82. The average Bonchev–Trinajstić information content (AvgIpc) is 3.50. The molecule has 1 N–H and O–H groups in total. The molecule has 0 aliphatic carbocycles. The van der Waals surface area contributed by atoms with Crippen LogP contribution in [0.5, 0.6) is 5.75 Å². The molecule has 3 heterocycles. The van der Waals surface area contributed by atoms with Gasteiger partial charge in [0.15, 0.2) is 0 Å². The number of rotatable bonds is 9. The second-order valence-corrected chi connectivity index (χ2v) is 11.7. The summed E-state index contributed by atoms with van der Waals surface area (Å²) in [4.78, 5) is 18.3. The highest BCUT2D eigenvalue weighted by Gasteiger charge is 2.35. The van der Waals surface area contributed by atoms with Crippen molar-refractivity contribution in [3.8, 4) is 5.75 Å². The SMILES string of the molecule is Cc1ccc(OCc2ccc(CN3CCOCC3)cc2C)c(C2=CSC(N3CCC(CC(=O)O)C3)N2C)c1. The molecule has 0 bridgehead atoms. The number of aliphatic carboxylic acids is 1. The third-order valence-corrected chi connectivity index (χ3v) is 9.03. The number of aryl methyl sites for hydroxylation is 2. The smallest absolute Gasteiger partial charge is 0.303 e. The minimum absolute atomic E-state index is 0.179. The normalized spacial score (nSPS) is 22.6. The molecule has 2 fully saturated rings. The maximum atomic E-state index is 11.2. The number of carboxylic acids is 1. The zero-order valence-electron chi connectivity index (χ0n) is 22.7. The second-order valence-electron chi connectivity index (χ2n) is 10.8. The Bertz CT molecular complexity index is 1180. The van der Waals surface area contributed by atoms with Crippen LogP contribution in [0.3, 0.4) is 0 Å². The number of nitrogens with zero attached hydrogens (tertiary/aromatic N) is 3. The fourth-order valence-corrected chi connectivity index (χ4v) is 6.84. The van der Waals surface area contributed by atoms with Crippen LogP contribution in [0, 0.1) is 19.8 Å². The van der Waals surface area contributed by atoms with Crippen LogP contribution in [0.4, 0.5) is 0 Å². The Morgan fingerprint density at radius 3 is 2.71 bits per heavy atom. The van der Waals surface area contributed by atoms with Crippen molar-refractivity contribution in [1.29, 1.82) is 0 Å². The van der Waals surface area contributed by atoms with Crippen molar-refractivity contribution in [1.82, 2.24) is 14.7 Å². The van der Waals surface area contributed by atoms with E-state index in [-0.39, 0.29) is 17.8 Å². The molecule has 2 saturated heterocycles. The molecule has 0 amide bonds. The summed E-state index contributed by atoms with van der Waals surface area (Å²) in [6.07, 6.45) is 1.19. The quantitative estimate of drug-likeness (QED) is 0.491. The van der Waals surface area contributed by atoms with Gasteiger partial charge in [0.1, 0.15) is 17.9 Å². The maximum Gasteiger partial charge on any atom is 0.303 e. The zero-order chi connectivity index (χ0) is 26.6. The largest absolute Gasteiger partial charge is 0.488 e. The van der Waals surface area contributed by atoms with E-state index in [9.17, 15) is 9.90 Å². The predicted octanol–water partition coefficient (Wildman–Crippen LogP) is 4.77. The van der Waals surface area contributed by atoms with Crippen LogP contribution in [0.15, 0.2) is 41.8 Å². The molecule has 2 aromatic carbocycles. The first-order valence-electron chi connectivity index (χ1n) is 13.5. The van der Waals surface area contributed by atoms with Gasteiger partial charge in [-0.2, -0.15) is 0 Å². The molecule has 2 atom stereocenters. The summed E-state index contributed by atoms with van der Waals surface area (Å²) in [6.45, 7) is 11.1. The van der Waals surface area contributed by atoms with Crippen LogP contribution < -0.4 is 4.74 Å². The Balaban J connectivity index is 1.24. The lowest BCUT2D eigenvalue weighted by Crippen LogP contribution is -2.40. The van der Waals surface area contributed by atoms with Crippen LogP contribution in [0.1, 0.15) is 40.7 Å². The molecule has 0 spiro atoms. The lowest BCUT2D eigenvalue weighted by Gasteiger charge is -2.32. The summed E-state index contributed by atoms with van der Waals surface area (Å²) in [5.74, 6) is 0.412. The van der Waals surface area contributed by atoms with Crippen LogP contribution in [-0.4, -0.2) is 77.7 Å². The molecule has 2 aromatic rings. The van der Waals surface area contributed by atoms with E-state index < -0.39 is 5.97 Å². The number of likely N-dealkylation sites (tertiary alicyclic amines) is 1. The number of ether oxygens (including phenoxy) is 2. The maximum absolute atomic E-state index is 11.2. The highest BCUT2D eigenvalue weighted by atomic mass is 32.2. The van der Waals surface area contributed by atoms with Crippen molar-refractivity contribution < 1.29 is 19.4 Å². The monoisotopic (exact) mass is 537 g/mol. The van der Waals surface area contributed by atoms with Crippen molar-refractivity contribution in [3.05, 3.63) is 69.6 Å². The number of benzene rings is 2. The first-order valence-corrected chi connectivity index (χ1v) is 14.5. The Morgan fingerprint density at radius 1 is 1.13 bits per heavy atom. The summed E-state index contributed by atoms with van der Waals surface area (Å²) >= 11 is 1.79. The van der Waals surface area contributed by atoms with E-state index >= 15 is 0 Å². The lowest BCUT2D eigenvalue weighted by molar-refractivity contribution is -0.138. The van der Waals surface area contributed by atoms with Crippen molar-refractivity contribution in [2.45, 2.75) is 45.3 Å². The molecule has 38 heavy (non-hydrogen) atoms. The molecule has 5 rings (SSSR count). The van der Waals surface area contributed by atoms with Gasteiger partial charge in [-0.15, -0.1) is 0 Å². The first-order chi connectivity index (χ1) is 18.4. The topological polar surface area (TPSA) is 65.5 Å². The van der Waals surface area contributed by atoms with Gasteiger partial charge in [0.25, 0.3) is 0 Å². The summed E-state index contributed by atoms with van der Waals surface area (Å²) in [5.41, 5.74) is 7.41. The summed E-state index contributed by atoms with van der Waals surface area (Å²) in [6, 6.07) is 13.1. The van der Waals surface area contributed by atoms with Gasteiger partial charge in [-0.25, -0.2) is 0 Å². The Labute approximate surface area is 230 Å². The van der Waals surface area contributed by atoms with Gasteiger partial charge < -0.3 is 19.5 Å². The van der Waals surface area contributed by atoms with Gasteiger partial charge in [-0.1, -0.05) is 41.6 Å². The minimum atomic E-state index is -0.702. The van der Waals surface area contributed by atoms with Gasteiger partial charge in [0.05, 0.1) is 18.9 Å². The van der Waals surface area contributed by atoms with Crippen LogP contribution in [0.25, 0.3) is 5.70 Å². The fourth-order valence-electron chi connectivity index (χ4n) is 5.64. The molecule has 0 aromatic heterocycles. The van der Waals surface area contributed by atoms with Crippen molar-refractivity contribution in [3.63, 3.8) is 0 Å². The summed E-state index contributed by atoms with van der Waals surface area (Å²) in [7, 11) is 2.13. The van der Waals surface area contributed by atoms with E-state index in [1.165, 1.54) is 22.3 Å². The fraction of sp³-hybridized carbons (Fsp3) is 0.500. The van der Waals surface area contributed by atoms with Crippen molar-refractivity contribution >= 4 is 23.4 Å². The summed E-state index contributed by atoms with van der Waals surface area (Å²) in [5, 5.41) is 11.4. The number of carboxylic acid groups (broad SMARTS) is 1. The molecule has 8 heteroatoms. The highest BCUT2D eigenvalue weighted by molar-refractivity contribution is 8.03.